The number of anilines is 1. The first kappa shape index (κ1) is 28.6. The van der Waals surface area contributed by atoms with E-state index in [4.69, 9.17) is 14.9 Å². The molecule has 0 saturated carbocycles. The summed E-state index contributed by atoms with van der Waals surface area (Å²) in [7, 11) is 0. The normalized spacial score (nSPS) is 12.5. The van der Waals surface area contributed by atoms with E-state index < -0.39 is 0 Å². The first-order valence-electron chi connectivity index (χ1n) is 8.84. The zero-order chi connectivity index (χ0) is 17.9. The van der Waals surface area contributed by atoms with Crippen LogP contribution in [0.25, 0.3) is 5.57 Å². The van der Waals surface area contributed by atoms with Gasteiger partial charge in [0.05, 0.1) is 12.3 Å². The molecule has 1 aliphatic rings. The Kier molecular flexibility index (Phi) is 16.6. The van der Waals surface area contributed by atoms with Gasteiger partial charge in [-0.1, -0.05) is 27.4 Å². The predicted molar refractivity (Wildman–Crippen MR) is 120 cm³/mol. The largest absolute Gasteiger partial charge is 0.412 e. The number of rotatable bonds is 11. The highest BCUT2D eigenvalue weighted by Crippen LogP contribution is 2.25. The second kappa shape index (κ2) is 16.3. The molecule has 8 nitrogen and oxygen atoms in total. The maximum Gasteiger partial charge on any atom is 0.157 e. The van der Waals surface area contributed by atoms with Gasteiger partial charge in [-0.15, -0.1) is 0 Å². The third-order valence-corrected chi connectivity index (χ3v) is 4.62. The lowest BCUT2D eigenvalue weighted by Crippen LogP contribution is -2.13. The number of hydroxylamine groups is 1. The number of nitrogens with one attached hydrogen (secondary N) is 2. The highest BCUT2D eigenvalue weighted by molar-refractivity contribution is 7.98. The predicted octanol–water partition coefficient (Wildman–Crippen LogP) is 2.84. The number of thioether (sulfide) groups is 1. The van der Waals surface area contributed by atoms with E-state index in [1.165, 1.54) is 0 Å². The summed E-state index contributed by atoms with van der Waals surface area (Å²) in [5.74, 6) is 3.54. The minimum Gasteiger partial charge on any atom is -0.412 e. The maximum absolute atomic E-state index is 8.99. The van der Waals surface area contributed by atoms with Gasteiger partial charge in [-0.25, -0.2) is 9.97 Å². The molecule has 0 radical (unpaired) electrons. The van der Waals surface area contributed by atoms with Crippen LogP contribution in [-0.4, -0.2) is 51.6 Å². The van der Waals surface area contributed by atoms with E-state index in [-0.39, 0.29) is 19.8 Å². The summed E-state index contributed by atoms with van der Waals surface area (Å²) in [5, 5.41) is 12.3. The van der Waals surface area contributed by atoms with Crippen molar-refractivity contribution in [3.05, 3.63) is 35.4 Å². The topological polar surface area (TPSA) is 142 Å². The third-order valence-electron chi connectivity index (χ3n) is 3.71. The number of hydrogen-bond donors (Lipinski definition) is 3. The Morgan fingerprint density at radius 3 is 2.57 bits per heavy atom. The fourth-order valence-corrected chi connectivity index (χ4v) is 2.99. The highest BCUT2D eigenvalue weighted by Gasteiger charge is 2.13. The molecule has 0 spiro atoms. The molecular weight excluding hydrogens is 380 g/mol. The molecule has 0 amide bonds. The van der Waals surface area contributed by atoms with E-state index >= 15 is 0 Å². The van der Waals surface area contributed by atoms with Crippen LogP contribution < -0.4 is 10.8 Å². The van der Waals surface area contributed by atoms with Crippen LogP contribution in [0.15, 0.2) is 23.9 Å². The van der Waals surface area contributed by atoms with Crippen molar-refractivity contribution in [3.8, 4) is 0 Å². The number of ether oxygens (including phenoxy) is 1. The molecule has 1 heterocycles. The molecule has 2 rings (SSSR count). The molecule has 7 N–H and O–H groups in total. The van der Waals surface area contributed by atoms with E-state index in [1.807, 2.05) is 30.0 Å². The molecule has 0 fully saturated rings. The van der Waals surface area contributed by atoms with Crippen LogP contribution in [0.2, 0.25) is 0 Å². The summed E-state index contributed by atoms with van der Waals surface area (Å²) in [6.45, 7) is 6.44. The van der Waals surface area contributed by atoms with Crippen molar-refractivity contribution in [2.45, 2.75) is 46.3 Å². The molecule has 0 atom stereocenters. The number of allylic oxidation sites excluding steroid dienone is 4. The summed E-state index contributed by atoms with van der Waals surface area (Å²) >= 11 is 1.85. The van der Waals surface area contributed by atoms with Crippen LogP contribution in [0.5, 0.6) is 0 Å². The van der Waals surface area contributed by atoms with Gasteiger partial charge in [0.1, 0.15) is 5.82 Å². The number of aromatic nitrogens is 2. The molecular formula is C19H38N4O4S. The Labute approximate surface area is 173 Å². The summed E-state index contributed by atoms with van der Waals surface area (Å²) in [5.41, 5.74) is 5.15. The van der Waals surface area contributed by atoms with E-state index in [1.54, 1.807) is 0 Å². The second-order valence-corrected chi connectivity index (χ2v) is 7.01. The summed E-state index contributed by atoms with van der Waals surface area (Å²) in [4.78, 5) is 9.39. The molecule has 164 valence electrons. The fraction of sp³-hybridized carbons (Fsp3) is 0.579. The zero-order valence-corrected chi connectivity index (χ0v) is 16.9. The van der Waals surface area contributed by atoms with Gasteiger partial charge in [-0.05, 0) is 36.7 Å². The zero-order valence-electron chi connectivity index (χ0n) is 16.0. The van der Waals surface area contributed by atoms with Gasteiger partial charge in [0, 0.05) is 32.1 Å². The van der Waals surface area contributed by atoms with Crippen molar-refractivity contribution in [2.24, 2.45) is 0 Å². The molecule has 0 aliphatic heterocycles. The lowest BCUT2D eigenvalue weighted by molar-refractivity contribution is 0.144. The standard InChI is InChI=1S/C18H28N4O2S.CH4.2H2O.H2/c1-3-10-24-11-9-19-17-12-16(13-25-4-2)20-18(21-17)14-5-7-15(22-23)8-6-14;;;;/h5,7,12,22-23H,3-4,6,8-11,13H2,1-2H3,(H,19,20,21);1H4;2*1H2;1H. The van der Waals surface area contributed by atoms with Gasteiger partial charge in [0.15, 0.2) is 5.82 Å². The van der Waals surface area contributed by atoms with Gasteiger partial charge >= 0.3 is 0 Å². The Morgan fingerprint density at radius 2 is 1.96 bits per heavy atom. The first-order valence-corrected chi connectivity index (χ1v) is 9.99. The maximum atomic E-state index is 8.99. The van der Waals surface area contributed by atoms with Crippen LogP contribution in [0.4, 0.5) is 5.82 Å². The molecule has 1 aromatic heterocycles. The average molecular weight is 419 g/mol. The van der Waals surface area contributed by atoms with Gasteiger partial charge in [0.2, 0.25) is 0 Å². The van der Waals surface area contributed by atoms with Crippen molar-refractivity contribution < 1.29 is 22.3 Å². The molecule has 9 heteroatoms. The minimum absolute atomic E-state index is 0. The SMILES string of the molecule is C.CCCOCCNc1cc(CSCC)nc(C2=CC=C(NO)CC2)n1.O.O.[HH]. The Morgan fingerprint density at radius 1 is 1.18 bits per heavy atom. The van der Waals surface area contributed by atoms with Crippen LogP contribution >= 0.6 is 11.8 Å². The van der Waals surface area contributed by atoms with Gasteiger partial charge in [-0.3, -0.25) is 10.7 Å². The summed E-state index contributed by atoms with van der Waals surface area (Å²) < 4.78 is 5.51. The smallest absolute Gasteiger partial charge is 0.157 e. The average Bonchev–Trinajstić information content (AvgIpc) is 2.66. The molecule has 0 aromatic carbocycles. The Bertz CT molecular complexity index is 618. The Balaban J connectivity index is -0.00000169. The molecule has 0 bridgehead atoms. The van der Waals surface area contributed by atoms with E-state index in [0.717, 1.165) is 72.5 Å². The monoisotopic (exact) mass is 418 g/mol. The van der Waals surface area contributed by atoms with Gasteiger partial charge in [0.25, 0.3) is 0 Å². The van der Waals surface area contributed by atoms with E-state index in [2.05, 4.69) is 29.6 Å². The van der Waals surface area contributed by atoms with Crippen LogP contribution in [0.3, 0.4) is 0 Å². The molecule has 0 unspecified atom stereocenters. The number of nitrogens with zero attached hydrogens (tertiary/aromatic N) is 2. The van der Waals surface area contributed by atoms with Crippen molar-refractivity contribution in [3.63, 3.8) is 0 Å². The summed E-state index contributed by atoms with van der Waals surface area (Å²) in [6, 6.07) is 2.02. The minimum atomic E-state index is 0. The number of hydrogen-bond acceptors (Lipinski definition) is 7. The summed E-state index contributed by atoms with van der Waals surface area (Å²) in [6.07, 6.45) is 6.45. The van der Waals surface area contributed by atoms with Crippen molar-refractivity contribution in [1.29, 1.82) is 0 Å². The first-order chi connectivity index (χ1) is 12.3. The molecule has 0 saturated heterocycles. The lowest BCUT2D eigenvalue weighted by Gasteiger charge is -2.15. The Hall–Kier alpha value is -1.65. The quantitative estimate of drug-likeness (QED) is 0.370. The van der Waals surface area contributed by atoms with E-state index in [9.17, 15) is 0 Å². The van der Waals surface area contributed by atoms with Gasteiger partial charge < -0.3 is 21.0 Å². The van der Waals surface area contributed by atoms with Crippen LogP contribution in [-0.2, 0) is 10.5 Å². The highest BCUT2D eigenvalue weighted by atomic mass is 32.2. The second-order valence-electron chi connectivity index (χ2n) is 5.74. The van der Waals surface area contributed by atoms with Gasteiger partial charge in [-0.2, -0.15) is 11.8 Å². The van der Waals surface area contributed by atoms with Crippen molar-refractivity contribution in [1.82, 2.24) is 15.4 Å². The third kappa shape index (κ3) is 9.52. The van der Waals surface area contributed by atoms with Crippen molar-refractivity contribution in [2.75, 3.05) is 30.8 Å². The van der Waals surface area contributed by atoms with E-state index in [0.29, 0.717) is 6.61 Å². The van der Waals surface area contributed by atoms with Crippen LogP contribution in [0, 0.1) is 0 Å². The fourth-order valence-electron chi connectivity index (χ4n) is 2.43. The lowest BCUT2D eigenvalue weighted by atomic mass is 10.0. The molecule has 1 aromatic rings. The van der Waals surface area contributed by atoms with Crippen molar-refractivity contribution >= 4 is 23.2 Å². The molecule has 1 aliphatic carbocycles. The molecule has 28 heavy (non-hydrogen) atoms. The van der Waals surface area contributed by atoms with Crippen LogP contribution in [0.1, 0.15) is 53.5 Å².